The first-order valence-electron chi connectivity index (χ1n) is 5.88. The molecule has 96 valence electrons. The van der Waals surface area contributed by atoms with Gasteiger partial charge in [0.2, 0.25) is 0 Å². The topological polar surface area (TPSA) is 21.6 Å². The van der Waals surface area contributed by atoms with Gasteiger partial charge in [0.15, 0.2) is 0 Å². The predicted molar refractivity (Wildman–Crippen MR) is 81.6 cm³/mol. The van der Waals surface area contributed by atoms with Crippen LogP contribution in [0.2, 0.25) is 5.02 Å². The van der Waals surface area contributed by atoms with Gasteiger partial charge in [-0.15, -0.1) is 0 Å². The third kappa shape index (κ3) is 4.27. The molecule has 0 saturated carbocycles. The van der Waals surface area contributed by atoms with Crippen LogP contribution in [0.5, 0.6) is 5.75 Å². The highest BCUT2D eigenvalue weighted by atomic mass is 35.5. The van der Waals surface area contributed by atoms with Crippen molar-refractivity contribution in [3.05, 3.63) is 65.2 Å². The summed E-state index contributed by atoms with van der Waals surface area (Å²) in [7, 11) is 1.65. The molecule has 0 bridgehead atoms. The molecule has 0 saturated heterocycles. The first kappa shape index (κ1) is 13.4. The van der Waals surface area contributed by atoms with Gasteiger partial charge in [-0.25, -0.2) is 0 Å². The van der Waals surface area contributed by atoms with Crippen LogP contribution in [0.15, 0.2) is 59.6 Å². The summed E-state index contributed by atoms with van der Waals surface area (Å²) in [4.78, 5) is 4.32. The number of hydrogen-bond donors (Lipinski definition) is 0. The Labute approximate surface area is 118 Å². The zero-order valence-corrected chi connectivity index (χ0v) is 11.3. The third-order valence-corrected chi connectivity index (χ3v) is 2.79. The highest BCUT2D eigenvalue weighted by molar-refractivity contribution is 6.30. The van der Waals surface area contributed by atoms with E-state index >= 15 is 0 Å². The minimum atomic E-state index is 0.740. The lowest BCUT2D eigenvalue weighted by Gasteiger charge is -1.98. The van der Waals surface area contributed by atoms with E-state index in [-0.39, 0.29) is 0 Å². The van der Waals surface area contributed by atoms with Gasteiger partial charge in [0.05, 0.1) is 12.8 Å². The first-order chi connectivity index (χ1) is 9.28. The van der Waals surface area contributed by atoms with Gasteiger partial charge in [-0.2, -0.15) is 0 Å². The van der Waals surface area contributed by atoms with E-state index < -0.39 is 0 Å². The van der Waals surface area contributed by atoms with Gasteiger partial charge in [0.25, 0.3) is 0 Å². The van der Waals surface area contributed by atoms with Gasteiger partial charge in [-0.05, 0) is 48.0 Å². The van der Waals surface area contributed by atoms with E-state index in [9.17, 15) is 0 Å². The molecule has 0 aromatic heterocycles. The summed E-state index contributed by atoms with van der Waals surface area (Å²) in [5.41, 5.74) is 1.98. The lowest BCUT2D eigenvalue weighted by molar-refractivity contribution is 0.415. The van der Waals surface area contributed by atoms with Gasteiger partial charge in [0.1, 0.15) is 5.75 Å². The van der Waals surface area contributed by atoms with Crippen LogP contribution in [0.1, 0.15) is 5.56 Å². The molecule has 0 N–H and O–H groups in total. The highest BCUT2D eigenvalue weighted by Gasteiger charge is 1.90. The summed E-state index contributed by atoms with van der Waals surface area (Å²) in [6.07, 6.45) is 5.63. The van der Waals surface area contributed by atoms with Crippen LogP contribution in [0.3, 0.4) is 0 Å². The van der Waals surface area contributed by atoms with Crippen LogP contribution in [-0.4, -0.2) is 13.3 Å². The van der Waals surface area contributed by atoms with Crippen LogP contribution in [0, 0.1) is 0 Å². The first-order valence-corrected chi connectivity index (χ1v) is 6.26. The maximum atomic E-state index is 5.82. The minimum Gasteiger partial charge on any atom is -0.497 e. The Bertz CT molecular complexity index is 571. The summed E-state index contributed by atoms with van der Waals surface area (Å²) in [5.74, 6) is 0.829. The smallest absolute Gasteiger partial charge is 0.119 e. The summed E-state index contributed by atoms with van der Waals surface area (Å²) < 4.78 is 5.09. The van der Waals surface area contributed by atoms with E-state index in [1.165, 1.54) is 0 Å². The molecule has 0 aliphatic carbocycles. The second kappa shape index (κ2) is 6.76. The number of rotatable bonds is 4. The molecule has 3 heteroatoms. The van der Waals surface area contributed by atoms with Crippen LogP contribution in [0.4, 0.5) is 5.69 Å². The third-order valence-electron chi connectivity index (χ3n) is 2.54. The Morgan fingerprint density at radius 3 is 2.32 bits per heavy atom. The van der Waals surface area contributed by atoms with Gasteiger partial charge in [0, 0.05) is 11.2 Å². The van der Waals surface area contributed by atoms with E-state index in [2.05, 4.69) is 4.99 Å². The largest absolute Gasteiger partial charge is 0.497 e. The molecule has 2 aromatic rings. The molecule has 2 aromatic carbocycles. The molecular weight excluding hydrogens is 258 g/mol. The fourth-order valence-corrected chi connectivity index (χ4v) is 1.65. The Kier molecular flexibility index (Phi) is 4.76. The van der Waals surface area contributed by atoms with Gasteiger partial charge in [-0.1, -0.05) is 29.8 Å². The Balaban J connectivity index is 1.96. The fourth-order valence-electron chi connectivity index (χ4n) is 1.53. The molecule has 0 spiro atoms. The van der Waals surface area contributed by atoms with E-state index in [4.69, 9.17) is 16.3 Å². The van der Waals surface area contributed by atoms with Crippen molar-refractivity contribution in [2.24, 2.45) is 4.99 Å². The van der Waals surface area contributed by atoms with Crippen molar-refractivity contribution in [1.82, 2.24) is 0 Å². The van der Waals surface area contributed by atoms with E-state index in [0.29, 0.717) is 0 Å². The monoisotopic (exact) mass is 271 g/mol. The molecule has 2 nitrogen and oxygen atoms in total. The van der Waals surface area contributed by atoms with Gasteiger partial charge < -0.3 is 4.74 Å². The Morgan fingerprint density at radius 1 is 1.00 bits per heavy atom. The molecule has 0 aliphatic heterocycles. The average Bonchev–Trinajstić information content (AvgIpc) is 2.46. The van der Waals surface area contributed by atoms with Crippen molar-refractivity contribution in [3.8, 4) is 5.75 Å². The van der Waals surface area contributed by atoms with Gasteiger partial charge in [-0.3, -0.25) is 4.99 Å². The molecule has 2 rings (SSSR count). The van der Waals surface area contributed by atoms with E-state index in [1.807, 2.05) is 60.7 Å². The number of halogens is 1. The quantitative estimate of drug-likeness (QED) is 0.735. The summed E-state index contributed by atoms with van der Waals surface area (Å²) >= 11 is 5.82. The summed E-state index contributed by atoms with van der Waals surface area (Å²) in [6.45, 7) is 0. The number of methoxy groups -OCH3 is 1. The lowest BCUT2D eigenvalue weighted by atomic mass is 10.2. The lowest BCUT2D eigenvalue weighted by Crippen LogP contribution is -1.79. The number of benzene rings is 2. The Morgan fingerprint density at radius 2 is 1.68 bits per heavy atom. The molecule has 0 unspecified atom stereocenters. The number of hydrogen-bond acceptors (Lipinski definition) is 2. The summed E-state index contributed by atoms with van der Waals surface area (Å²) in [5, 5.41) is 0.740. The molecule has 0 heterocycles. The molecule has 0 aliphatic rings. The number of ether oxygens (including phenoxy) is 1. The molecule has 0 fully saturated rings. The number of allylic oxidation sites excluding steroid dienone is 1. The van der Waals surface area contributed by atoms with Crippen molar-refractivity contribution >= 4 is 29.6 Å². The van der Waals surface area contributed by atoms with Gasteiger partial charge >= 0.3 is 0 Å². The SMILES string of the molecule is COc1ccc(N=C/C=C/c2ccc(Cl)cc2)cc1. The average molecular weight is 272 g/mol. The van der Waals surface area contributed by atoms with Crippen molar-refractivity contribution in [2.75, 3.05) is 7.11 Å². The summed E-state index contributed by atoms with van der Waals surface area (Å²) in [6, 6.07) is 15.2. The van der Waals surface area contributed by atoms with Crippen molar-refractivity contribution < 1.29 is 4.74 Å². The molecule has 0 radical (unpaired) electrons. The second-order valence-corrected chi connectivity index (χ2v) is 4.32. The normalized spacial score (nSPS) is 11.3. The van der Waals surface area contributed by atoms with Crippen molar-refractivity contribution in [2.45, 2.75) is 0 Å². The minimum absolute atomic E-state index is 0.740. The molecule has 0 atom stereocenters. The Hall–Kier alpha value is -2.06. The standard InChI is InChI=1S/C16H14ClNO/c1-19-16-10-8-15(9-11-16)18-12-2-3-13-4-6-14(17)7-5-13/h2-12H,1H3/b3-2+,18-12?. The molecule has 19 heavy (non-hydrogen) atoms. The number of nitrogens with zero attached hydrogens (tertiary/aromatic N) is 1. The maximum absolute atomic E-state index is 5.82. The highest BCUT2D eigenvalue weighted by Crippen LogP contribution is 2.17. The maximum Gasteiger partial charge on any atom is 0.119 e. The van der Waals surface area contributed by atoms with Crippen LogP contribution >= 0.6 is 11.6 Å². The zero-order chi connectivity index (χ0) is 13.5. The molecule has 0 amide bonds. The van der Waals surface area contributed by atoms with E-state index in [1.54, 1.807) is 13.3 Å². The van der Waals surface area contributed by atoms with E-state index in [0.717, 1.165) is 22.0 Å². The van der Waals surface area contributed by atoms with Crippen molar-refractivity contribution in [3.63, 3.8) is 0 Å². The predicted octanol–water partition coefficient (Wildman–Crippen LogP) is 4.76. The number of aliphatic imine (C=N–C) groups is 1. The van der Waals surface area contributed by atoms with Crippen molar-refractivity contribution in [1.29, 1.82) is 0 Å². The fraction of sp³-hybridized carbons (Fsp3) is 0.0625. The van der Waals surface area contributed by atoms with Crippen LogP contribution in [0.25, 0.3) is 6.08 Å². The van der Waals surface area contributed by atoms with Crippen LogP contribution < -0.4 is 4.74 Å². The molecular formula is C16H14ClNO. The van der Waals surface area contributed by atoms with Crippen LogP contribution in [-0.2, 0) is 0 Å². The zero-order valence-electron chi connectivity index (χ0n) is 10.6. The second-order valence-electron chi connectivity index (χ2n) is 3.89.